The first-order valence-corrected chi connectivity index (χ1v) is 8.16. The Balaban J connectivity index is 2.16. The number of nitrogens with zero attached hydrogens (tertiary/aromatic N) is 2. The van der Waals surface area contributed by atoms with Crippen LogP contribution >= 0.6 is 15.9 Å². The Morgan fingerprint density at radius 3 is 2.70 bits per heavy atom. The first kappa shape index (κ1) is 17.3. The molecule has 1 aromatic carbocycles. The molecule has 1 atom stereocenters. The number of rotatable bonds is 5. The normalized spacial score (nSPS) is 16.6. The van der Waals surface area contributed by atoms with Crippen LogP contribution in [0.4, 0.5) is 4.79 Å². The number of hydrogen-bond donors (Lipinski definition) is 2. The fourth-order valence-electron chi connectivity index (χ4n) is 2.73. The van der Waals surface area contributed by atoms with Gasteiger partial charge in [0.15, 0.2) is 0 Å². The zero-order chi connectivity index (χ0) is 17.0. The van der Waals surface area contributed by atoms with Crippen LogP contribution in [0.2, 0.25) is 0 Å². The number of nitrogens with one attached hydrogen (secondary N) is 1. The van der Waals surface area contributed by atoms with Crippen molar-refractivity contribution >= 4 is 27.9 Å². The van der Waals surface area contributed by atoms with Crippen molar-refractivity contribution in [3.05, 3.63) is 34.3 Å². The number of carbonyl (C=O) groups is 2. The molecule has 6 nitrogen and oxygen atoms in total. The van der Waals surface area contributed by atoms with Gasteiger partial charge in [-0.2, -0.15) is 5.26 Å². The molecule has 0 bridgehead atoms. The van der Waals surface area contributed by atoms with Crippen molar-refractivity contribution < 1.29 is 9.59 Å². The number of primary amides is 1. The highest BCUT2D eigenvalue weighted by Gasteiger charge is 2.43. The molecular formula is C16H19BrN4O2. The minimum atomic E-state index is -0.703. The van der Waals surface area contributed by atoms with Gasteiger partial charge >= 0.3 is 6.03 Å². The predicted molar refractivity (Wildman–Crippen MR) is 89.2 cm³/mol. The molecule has 1 fully saturated rings. The second kappa shape index (κ2) is 7.01. The van der Waals surface area contributed by atoms with Gasteiger partial charge in [-0.25, -0.2) is 4.79 Å². The lowest BCUT2D eigenvalue weighted by Gasteiger charge is -2.43. The summed E-state index contributed by atoms with van der Waals surface area (Å²) < 4.78 is 0.847. The van der Waals surface area contributed by atoms with Crippen molar-refractivity contribution in [3.8, 4) is 6.07 Å². The van der Waals surface area contributed by atoms with Crippen molar-refractivity contribution in [2.45, 2.75) is 37.3 Å². The van der Waals surface area contributed by atoms with Gasteiger partial charge in [0, 0.05) is 11.5 Å². The first-order chi connectivity index (χ1) is 10.9. The Morgan fingerprint density at radius 2 is 2.22 bits per heavy atom. The maximum atomic E-state index is 12.6. The van der Waals surface area contributed by atoms with E-state index in [2.05, 4.69) is 27.3 Å². The molecule has 1 aliphatic carbocycles. The lowest BCUT2D eigenvalue weighted by Crippen LogP contribution is -2.54. The van der Waals surface area contributed by atoms with Crippen LogP contribution in [-0.2, 0) is 4.79 Å². The Hall–Kier alpha value is -2.07. The lowest BCUT2D eigenvalue weighted by atomic mass is 9.76. The van der Waals surface area contributed by atoms with Crippen LogP contribution in [0.25, 0.3) is 0 Å². The molecule has 3 amide bonds. The van der Waals surface area contributed by atoms with E-state index < -0.39 is 17.6 Å². The number of nitriles is 1. The number of carbonyl (C=O) groups excluding carboxylic acids is 2. The highest BCUT2D eigenvalue weighted by Crippen LogP contribution is 2.37. The second-order valence-electron chi connectivity index (χ2n) is 5.77. The topological polar surface area (TPSA) is 99.2 Å². The number of nitrogens with two attached hydrogens (primary N) is 1. The fraction of sp³-hybridized carbons (Fsp3) is 0.438. The monoisotopic (exact) mass is 378 g/mol. The highest BCUT2D eigenvalue weighted by atomic mass is 79.9. The van der Waals surface area contributed by atoms with E-state index in [0.29, 0.717) is 12.8 Å². The SMILES string of the molecule is CN(C(=O)C[C@H](NC(N)=O)c1cccc(Br)c1)C1(C#N)CCC1. The molecule has 0 aliphatic heterocycles. The summed E-state index contributed by atoms with van der Waals surface area (Å²) in [5, 5.41) is 12.0. The summed E-state index contributed by atoms with van der Waals surface area (Å²) in [4.78, 5) is 25.3. The Kier molecular flexibility index (Phi) is 5.26. The van der Waals surface area contributed by atoms with E-state index in [4.69, 9.17) is 5.73 Å². The number of amides is 3. The van der Waals surface area contributed by atoms with Gasteiger partial charge in [-0.15, -0.1) is 0 Å². The molecular weight excluding hydrogens is 360 g/mol. The van der Waals surface area contributed by atoms with Crippen molar-refractivity contribution in [1.82, 2.24) is 10.2 Å². The molecule has 1 aromatic rings. The van der Waals surface area contributed by atoms with Crippen LogP contribution < -0.4 is 11.1 Å². The van der Waals surface area contributed by atoms with E-state index in [1.54, 1.807) is 7.05 Å². The zero-order valence-corrected chi connectivity index (χ0v) is 14.5. The summed E-state index contributed by atoms with van der Waals surface area (Å²) >= 11 is 3.37. The van der Waals surface area contributed by atoms with Gasteiger partial charge in [0.25, 0.3) is 0 Å². The number of benzene rings is 1. The molecule has 1 aliphatic rings. The van der Waals surface area contributed by atoms with E-state index in [9.17, 15) is 14.9 Å². The smallest absolute Gasteiger partial charge is 0.312 e. The molecule has 2 rings (SSSR count). The predicted octanol–water partition coefficient (Wildman–Crippen LogP) is 2.45. The van der Waals surface area contributed by atoms with Gasteiger partial charge in [-0.05, 0) is 37.0 Å². The van der Waals surface area contributed by atoms with Gasteiger partial charge in [0.1, 0.15) is 5.54 Å². The van der Waals surface area contributed by atoms with Crippen LogP contribution in [0.3, 0.4) is 0 Å². The molecule has 0 heterocycles. The quantitative estimate of drug-likeness (QED) is 0.822. The largest absolute Gasteiger partial charge is 0.352 e. The van der Waals surface area contributed by atoms with Crippen LogP contribution in [0.5, 0.6) is 0 Å². The summed E-state index contributed by atoms with van der Waals surface area (Å²) in [6, 6.07) is 8.36. The number of urea groups is 1. The number of hydrogen-bond acceptors (Lipinski definition) is 3. The summed E-state index contributed by atoms with van der Waals surface area (Å²) in [6.45, 7) is 0. The van der Waals surface area contributed by atoms with Crippen LogP contribution in [0.1, 0.15) is 37.3 Å². The van der Waals surface area contributed by atoms with Gasteiger partial charge in [0.2, 0.25) is 5.91 Å². The molecule has 0 radical (unpaired) electrons. The molecule has 7 heteroatoms. The molecule has 0 unspecified atom stereocenters. The Morgan fingerprint density at radius 1 is 1.52 bits per heavy atom. The zero-order valence-electron chi connectivity index (χ0n) is 12.9. The molecule has 23 heavy (non-hydrogen) atoms. The van der Waals surface area contributed by atoms with Gasteiger partial charge in [-0.3, -0.25) is 4.79 Å². The van der Waals surface area contributed by atoms with E-state index >= 15 is 0 Å². The van der Waals surface area contributed by atoms with Gasteiger partial charge in [-0.1, -0.05) is 28.1 Å². The second-order valence-corrected chi connectivity index (χ2v) is 6.69. The van der Waals surface area contributed by atoms with Gasteiger partial charge in [0.05, 0.1) is 18.5 Å². The summed E-state index contributed by atoms with van der Waals surface area (Å²) in [7, 11) is 1.65. The maximum absolute atomic E-state index is 12.6. The minimum Gasteiger partial charge on any atom is -0.352 e. The molecule has 1 saturated carbocycles. The van der Waals surface area contributed by atoms with E-state index in [-0.39, 0.29) is 12.3 Å². The third-order valence-corrected chi connectivity index (χ3v) is 4.84. The summed E-state index contributed by atoms with van der Waals surface area (Å²) in [5.41, 5.74) is 5.31. The summed E-state index contributed by atoms with van der Waals surface area (Å²) in [6.07, 6.45) is 2.38. The molecule has 0 saturated heterocycles. The third-order valence-electron chi connectivity index (χ3n) is 4.35. The molecule has 122 valence electrons. The average molecular weight is 379 g/mol. The van der Waals surface area contributed by atoms with Crippen molar-refractivity contribution in [3.63, 3.8) is 0 Å². The molecule has 0 aromatic heterocycles. The van der Waals surface area contributed by atoms with E-state index in [0.717, 1.165) is 16.5 Å². The average Bonchev–Trinajstić information content (AvgIpc) is 2.45. The third kappa shape index (κ3) is 3.82. The Bertz CT molecular complexity index is 652. The van der Waals surface area contributed by atoms with Crippen LogP contribution in [0.15, 0.2) is 28.7 Å². The molecule has 3 N–H and O–H groups in total. The van der Waals surface area contributed by atoms with Gasteiger partial charge < -0.3 is 16.0 Å². The minimum absolute atomic E-state index is 0.0549. The number of halogens is 1. The van der Waals surface area contributed by atoms with E-state index in [1.165, 1.54) is 4.90 Å². The summed E-state index contributed by atoms with van der Waals surface area (Å²) in [5.74, 6) is -0.190. The lowest BCUT2D eigenvalue weighted by molar-refractivity contribution is -0.136. The standard InChI is InChI=1S/C16H19BrN4O2/c1-21(16(10-18)6-3-7-16)14(22)9-13(20-15(19)23)11-4-2-5-12(17)8-11/h2,4-5,8,13H,3,6-7,9H2,1H3,(H3,19,20,23)/t13-/m0/s1. The highest BCUT2D eigenvalue weighted by molar-refractivity contribution is 9.10. The van der Waals surface area contributed by atoms with Crippen molar-refractivity contribution in [1.29, 1.82) is 5.26 Å². The van der Waals surface area contributed by atoms with Crippen molar-refractivity contribution in [2.24, 2.45) is 5.73 Å². The Labute approximate surface area is 143 Å². The van der Waals surface area contributed by atoms with E-state index in [1.807, 2.05) is 24.3 Å². The fourth-order valence-corrected chi connectivity index (χ4v) is 3.15. The van der Waals surface area contributed by atoms with Crippen LogP contribution in [0, 0.1) is 11.3 Å². The first-order valence-electron chi connectivity index (χ1n) is 7.37. The maximum Gasteiger partial charge on any atom is 0.312 e. The van der Waals surface area contributed by atoms with Crippen molar-refractivity contribution in [2.75, 3.05) is 7.05 Å². The van der Waals surface area contributed by atoms with Crippen LogP contribution in [-0.4, -0.2) is 29.4 Å². The molecule has 0 spiro atoms.